The van der Waals surface area contributed by atoms with Crippen molar-refractivity contribution in [3.8, 4) is 0 Å². The van der Waals surface area contributed by atoms with E-state index in [0.29, 0.717) is 0 Å². The molecule has 0 heterocycles. The summed E-state index contributed by atoms with van der Waals surface area (Å²) in [5.74, 6) is -1.58. The Bertz CT molecular complexity index is 23.6. The van der Waals surface area contributed by atoms with Crippen LogP contribution in [0.3, 0.4) is 0 Å². The molecule has 5 heavy (non-hydrogen) atoms. The molecular formula is CClFO2. The molecule has 4 heteroatoms. The van der Waals surface area contributed by atoms with E-state index in [1.807, 2.05) is 0 Å². The molecule has 0 aliphatic carbocycles. The summed E-state index contributed by atoms with van der Waals surface area (Å²) in [6.07, 6.45) is 0. The fraction of sp³-hybridized carbons (Fsp3) is 0. The van der Waals surface area contributed by atoms with Crippen molar-refractivity contribution >= 4 is 11.6 Å². The average Bonchev–Trinajstić information content (AvgIpc) is 1.38. The Morgan fingerprint density at radius 2 is 2.20 bits per heavy atom. The molecule has 0 aliphatic heterocycles. The molecule has 0 bridgehead atoms. The fourth-order valence-corrected chi connectivity index (χ4v) is 0. The molecule has 0 aromatic carbocycles. The lowest BCUT2D eigenvalue weighted by Gasteiger charge is -1.77. The van der Waals surface area contributed by atoms with E-state index in [1.165, 1.54) is 0 Å². The van der Waals surface area contributed by atoms with Gasteiger partial charge >= 0.3 is 5.82 Å². The highest BCUT2D eigenvalue weighted by atomic mass is 35.5. The molecule has 0 amide bonds. The molecule has 2 radical (unpaired) electrons. The summed E-state index contributed by atoms with van der Waals surface area (Å²) in [6, 6.07) is 0. The quantitative estimate of drug-likeness (QED) is 0.355. The lowest BCUT2D eigenvalue weighted by Crippen LogP contribution is -1.74. The minimum atomic E-state index is -1.58. The largest absolute Gasteiger partial charge is 0.393 e. The first-order chi connectivity index (χ1) is 2.27. The Morgan fingerprint density at radius 1 is 2.00 bits per heavy atom. The summed E-state index contributed by atoms with van der Waals surface area (Å²) in [5.41, 5.74) is 0. The molecule has 0 fully saturated rings. The van der Waals surface area contributed by atoms with Crippen molar-refractivity contribution in [2.75, 3.05) is 0 Å². The molecule has 0 saturated carbocycles. The van der Waals surface area contributed by atoms with Crippen LogP contribution in [0.15, 0.2) is 0 Å². The van der Waals surface area contributed by atoms with Crippen molar-refractivity contribution < 1.29 is 14.5 Å². The highest BCUT2D eigenvalue weighted by Crippen LogP contribution is 2.04. The number of rotatable bonds is 1. The van der Waals surface area contributed by atoms with Gasteiger partial charge in [-0.05, 0) is 16.9 Å². The Hall–Kier alpha value is 0.140. The Labute approximate surface area is 33.0 Å². The molecular weight excluding hydrogens is 98.5 g/mol. The van der Waals surface area contributed by atoms with Crippen molar-refractivity contribution in [2.45, 2.75) is 0 Å². The molecule has 0 unspecified atom stereocenters. The summed E-state index contributed by atoms with van der Waals surface area (Å²) >= 11 is 4.18. The SMILES string of the molecule is [O]O[C](F)Cl. The van der Waals surface area contributed by atoms with Crippen molar-refractivity contribution in [1.29, 1.82) is 0 Å². The maximum atomic E-state index is 10.6. The third kappa shape index (κ3) is 4.14. The normalized spacial score (nSPS) is 9.60. The van der Waals surface area contributed by atoms with E-state index in [9.17, 15) is 4.39 Å². The van der Waals surface area contributed by atoms with Gasteiger partial charge in [-0.15, -0.1) is 4.89 Å². The minimum absolute atomic E-state index is 1.58. The van der Waals surface area contributed by atoms with Crippen LogP contribution in [0.2, 0.25) is 0 Å². The van der Waals surface area contributed by atoms with E-state index < -0.39 is 5.82 Å². The standard InChI is InChI=1S/CClFO2/c2-1(3)5-4. The van der Waals surface area contributed by atoms with Crippen LogP contribution in [0, 0.1) is 5.82 Å². The number of hydrogen-bond donors (Lipinski definition) is 0. The third-order valence-corrected chi connectivity index (χ3v) is 0.126. The summed E-state index contributed by atoms with van der Waals surface area (Å²) in [4.78, 5) is 2.52. The first-order valence-corrected chi connectivity index (χ1v) is 1.13. The second-order valence-corrected chi connectivity index (χ2v) is 0.606. The molecule has 0 atom stereocenters. The van der Waals surface area contributed by atoms with Gasteiger partial charge in [-0.2, -0.15) is 4.39 Å². The topological polar surface area (TPSA) is 29.1 Å². The van der Waals surface area contributed by atoms with Crippen molar-refractivity contribution in [3.05, 3.63) is 5.82 Å². The van der Waals surface area contributed by atoms with Crippen LogP contribution in [-0.4, -0.2) is 0 Å². The van der Waals surface area contributed by atoms with E-state index in [2.05, 4.69) is 16.5 Å². The van der Waals surface area contributed by atoms with Crippen LogP contribution in [0.5, 0.6) is 0 Å². The molecule has 0 saturated heterocycles. The van der Waals surface area contributed by atoms with Crippen LogP contribution in [0.25, 0.3) is 0 Å². The number of hydrogen-bond acceptors (Lipinski definition) is 1. The van der Waals surface area contributed by atoms with Crippen molar-refractivity contribution in [1.82, 2.24) is 0 Å². The zero-order valence-electron chi connectivity index (χ0n) is 2.07. The maximum absolute atomic E-state index is 10.6. The van der Waals surface area contributed by atoms with Gasteiger partial charge in [0.15, 0.2) is 0 Å². The second-order valence-electron chi connectivity index (χ2n) is 0.309. The zero-order chi connectivity index (χ0) is 4.28. The molecule has 0 aromatic heterocycles. The van der Waals surface area contributed by atoms with Gasteiger partial charge in [-0.3, -0.25) is 0 Å². The van der Waals surface area contributed by atoms with Gasteiger partial charge in [-0.1, -0.05) is 0 Å². The predicted molar refractivity (Wildman–Crippen MR) is 12.0 cm³/mol. The lowest BCUT2D eigenvalue weighted by atomic mass is 11.6. The van der Waals surface area contributed by atoms with Crippen LogP contribution in [0.4, 0.5) is 4.39 Å². The van der Waals surface area contributed by atoms with Gasteiger partial charge in [0.2, 0.25) is 0 Å². The van der Waals surface area contributed by atoms with Gasteiger partial charge in [0.25, 0.3) is 0 Å². The van der Waals surface area contributed by atoms with Gasteiger partial charge in [-0.25, -0.2) is 0 Å². The van der Waals surface area contributed by atoms with Crippen molar-refractivity contribution in [2.24, 2.45) is 0 Å². The van der Waals surface area contributed by atoms with Crippen molar-refractivity contribution in [3.63, 3.8) is 0 Å². The first-order valence-electron chi connectivity index (χ1n) is 0.749. The molecule has 0 N–H and O–H groups in total. The summed E-state index contributed by atoms with van der Waals surface area (Å²) in [6.45, 7) is 0. The monoisotopic (exact) mass is 98.0 g/mol. The van der Waals surface area contributed by atoms with E-state index >= 15 is 0 Å². The molecule has 0 spiro atoms. The summed E-state index contributed by atoms with van der Waals surface area (Å²) < 4.78 is 10.6. The predicted octanol–water partition coefficient (Wildman–Crippen LogP) is 1.00. The molecule has 0 rings (SSSR count). The van der Waals surface area contributed by atoms with E-state index in [0.717, 1.165) is 0 Å². The molecule has 30 valence electrons. The maximum Gasteiger partial charge on any atom is 0.393 e. The van der Waals surface area contributed by atoms with Gasteiger partial charge in [0, 0.05) is 0 Å². The van der Waals surface area contributed by atoms with E-state index in [4.69, 9.17) is 5.26 Å². The van der Waals surface area contributed by atoms with Crippen LogP contribution in [-0.2, 0) is 10.1 Å². The highest BCUT2D eigenvalue weighted by Gasteiger charge is 1.97. The molecule has 0 aromatic rings. The minimum Gasteiger partial charge on any atom is -0.182 e. The lowest BCUT2D eigenvalue weighted by molar-refractivity contribution is -0.301. The van der Waals surface area contributed by atoms with Gasteiger partial charge in [0.05, 0.1) is 0 Å². The van der Waals surface area contributed by atoms with Gasteiger partial charge < -0.3 is 0 Å². The highest BCUT2D eigenvalue weighted by molar-refractivity contribution is 6.24. The Morgan fingerprint density at radius 3 is 2.20 bits per heavy atom. The van der Waals surface area contributed by atoms with E-state index in [-0.39, 0.29) is 0 Å². The van der Waals surface area contributed by atoms with Crippen LogP contribution in [0.1, 0.15) is 0 Å². The third-order valence-electron chi connectivity index (χ3n) is 0.0630. The average molecular weight is 98.5 g/mol. The number of halogens is 2. The van der Waals surface area contributed by atoms with E-state index in [1.54, 1.807) is 0 Å². The fourth-order valence-electron chi connectivity index (χ4n) is 0. The van der Waals surface area contributed by atoms with Crippen LogP contribution < -0.4 is 0 Å². The smallest absolute Gasteiger partial charge is 0.182 e. The Balaban J connectivity index is 2.54. The zero-order valence-corrected chi connectivity index (χ0v) is 2.83. The molecule has 0 aliphatic rings. The Kier molecular flexibility index (Phi) is 2.45. The van der Waals surface area contributed by atoms with Crippen LogP contribution >= 0.6 is 11.6 Å². The van der Waals surface area contributed by atoms with Gasteiger partial charge in [0.1, 0.15) is 0 Å². The second kappa shape index (κ2) is 2.38. The summed E-state index contributed by atoms with van der Waals surface area (Å²) in [7, 11) is 0. The molecule has 2 nitrogen and oxygen atoms in total. The first kappa shape index (κ1) is 5.14. The summed E-state index contributed by atoms with van der Waals surface area (Å²) in [5, 5.41) is 8.59.